The zero-order valence-electron chi connectivity index (χ0n) is 20.0. The lowest BCUT2D eigenvalue weighted by molar-refractivity contribution is -0.145. The smallest absolute Gasteiger partial charge is 0.354 e. The normalized spacial score (nSPS) is 11.7. The van der Waals surface area contributed by atoms with Crippen molar-refractivity contribution in [2.75, 3.05) is 19.0 Å². The number of nitrogens with zero attached hydrogens (tertiary/aromatic N) is 3. The van der Waals surface area contributed by atoms with Crippen LogP contribution in [0.2, 0.25) is 5.02 Å². The molecule has 0 saturated carbocycles. The molecule has 0 fully saturated rings. The minimum absolute atomic E-state index is 0.0802. The highest BCUT2D eigenvalue weighted by Crippen LogP contribution is 2.19. The van der Waals surface area contributed by atoms with E-state index in [4.69, 9.17) is 21.1 Å². The predicted molar refractivity (Wildman–Crippen MR) is 135 cm³/mol. The fourth-order valence-electron chi connectivity index (χ4n) is 3.34. The van der Waals surface area contributed by atoms with E-state index in [9.17, 15) is 14.4 Å². The van der Waals surface area contributed by atoms with Gasteiger partial charge in [-0.1, -0.05) is 44.0 Å². The summed E-state index contributed by atoms with van der Waals surface area (Å²) in [5, 5.41) is 3.63. The van der Waals surface area contributed by atoms with Crippen molar-refractivity contribution in [2.24, 2.45) is 5.92 Å². The largest absolute Gasteiger partial charge is 0.494 e. The molecule has 1 atom stereocenters. The first kappa shape index (κ1) is 26.0. The number of esters is 1. The van der Waals surface area contributed by atoms with Crippen LogP contribution in [0.5, 0.6) is 5.75 Å². The standard InChI is InChI=1S/C25H29ClN4O5/c1-4-5-14-35-21-12-10-20(11-13-21)27-23-28-24(32)30(15-17(2)22(31)34-3)25(33)29(23)16-18-6-8-19(26)9-7-18/h6-13,17H,4-5,14-16H2,1-3H3,(H,27,28,32)/t17-/m0/s1. The molecule has 1 aromatic heterocycles. The molecule has 0 unspecified atom stereocenters. The molecule has 1 N–H and O–H groups in total. The van der Waals surface area contributed by atoms with Crippen LogP contribution in [0.4, 0.5) is 11.6 Å². The van der Waals surface area contributed by atoms with E-state index >= 15 is 0 Å². The molecule has 35 heavy (non-hydrogen) atoms. The maximum absolute atomic E-state index is 13.4. The number of carbonyl (C=O) groups excluding carboxylic acids is 1. The van der Waals surface area contributed by atoms with E-state index in [1.54, 1.807) is 55.5 Å². The minimum Gasteiger partial charge on any atom is -0.494 e. The van der Waals surface area contributed by atoms with Crippen LogP contribution < -0.4 is 21.4 Å². The number of unbranched alkanes of at least 4 members (excludes halogenated alkanes) is 1. The number of rotatable bonds is 11. The molecule has 1 heterocycles. The van der Waals surface area contributed by atoms with Gasteiger partial charge in [0.1, 0.15) is 5.75 Å². The van der Waals surface area contributed by atoms with Gasteiger partial charge in [0.2, 0.25) is 5.95 Å². The Balaban J connectivity index is 1.96. The molecule has 186 valence electrons. The van der Waals surface area contributed by atoms with Crippen LogP contribution in [0.15, 0.2) is 58.1 Å². The highest BCUT2D eigenvalue weighted by molar-refractivity contribution is 6.30. The third kappa shape index (κ3) is 6.95. The molecule has 10 heteroatoms. The van der Waals surface area contributed by atoms with Crippen molar-refractivity contribution in [3.8, 4) is 5.75 Å². The average molecular weight is 501 g/mol. The molecule has 0 saturated heterocycles. The van der Waals surface area contributed by atoms with E-state index in [1.807, 2.05) is 0 Å². The zero-order chi connectivity index (χ0) is 25.4. The second kappa shape index (κ2) is 12.2. The lowest BCUT2D eigenvalue weighted by atomic mass is 10.2. The van der Waals surface area contributed by atoms with Crippen LogP contribution in [-0.2, 0) is 22.6 Å². The maximum Gasteiger partial charge on any atom is 0.354 e. The molecule has 3 aromatic rings. The van der Waals surface area contributed by atoms with Crippen molar-refractivity contribution in [1.29, 1.82) is 0 Å². The summed E-state index contributed by atoms with van der Waals surface area (Å²) in [5.74, 6) is -0.418. The highest BCUT2D eigenvalue weighted by atomic mass is 35.5. The van der Waals surface area contributed by atoms with Crippen LogP contribution >= 0.6 is 11.6 Å². The Hall–Kier alpha value is -3.59. The molecule has 0 aliphatic carbocycles. The molecule has 0 radical (unpaired) electrons. The molecular weight excluding hydrogens is 472 g/mol. The monoisotopic (exact) mass is 500 g/mol. The van der Waals surface area contributed by atoms with Crippen LogP contribution in [0.25, 0.3) is 0 Å². The zero-order valence-corrected chi connectivity index (χ0v) is 20.7. The summed E-state index contributed by atoms with van der Waals surface area (Å²) in [5.41, 5.74) is 0.0507. The van der Waals surface area contributed by atoms with Crippen molar-refractivity contribution in [3.63, 3.8) is 0 Å². The van der Waals surface area contributed by atoms with E-state index in [0.717, 1.165) is 28.7 Å². The molecule has 0 bridgehead atoms. The Morgan fingerprint density at radius 3 is 2.40 bits per heavy atom. The van der Waals surface area contributed by atoms with Gasteiger partial charge in [0.15, 0.2) is 0 Å². The average Bonchev–Trinajstić information content (AvgIpc) is 2.85. The maximum atomic E-state index is 13.4. The number of ether oxygens (including phenoxy) is 2. The molecule has 0 amide bonds. The third-order valence-electron chi connectivity index (χ3n) is 5.34. The summed E-state index contributed by atoms with van der Waals surface area (Å²) in [6, 6.07) is 14.2. The number of aromatic nitrogens is 3. The van der Waals surface area contributed by atoms with Crippen LogP contribution in [-0.4, -0.2) is 33.8 Å². The molecule has 0 spiro atoms. The lowest BCUT2D eigenvalue weighted by Crippen LogP contribution is -2.44. The van der Waals surface area contributed by atoms with Gasteiger partial charge < -0.3 is 14.8 Å². The number of anilines is 2. The third-order valence-corrected chi connectivity index (χ3v) is 5.59. The van der Waals surface area contributed by atoms with Crippen LogP contribution in [0.3, 0.4) is 0 Å². The number of benzene rings is 2. The number of halogens is 1. The van der Waals surface area contributed by atoms with Gasteiger partial charge in [-0.2, -0.15) is 4.98 Å². The summed E-state index contributed by atoms with van der Waals surface area (Å²) in [7, 11) is 1.26. The Morgan fingerprint density at radius 1 is 1.09 bits per heavy atom. The van der Waals surface area contributed by atoms with Crippen molar-refractivity contribution in [1.82, 2.24) is 14.1 Å². The first-order valence-electron chi connectivity index (χ1n) is 11.4. The number of carbonyl (C=O) groups is 1. The van der Waals surface area contributed by atoms with Gasteiger partial charge >= 0.3 is 17.3 Å². The first-order chi connectivity index (χ1) is 16.8. The fourth-order valence-corrected chi connectivity index (χ4v) is 3.47. The van der Waals surface area contributed by atoms with Crippen molar-refractivity contribution < 1.29 is 14.3 Å². The summed E-state index contributed by atoms with van der Waals surface area (Å²) < 4.78 is 12.7. The molecule has 0 aliphatic heterocycles. The predicted octanol–water partition coefficient (Wildman–Crippen LogP) is 3.84. The minimum atomic E-state index is -0.764. The van der Waals surface area contributed by atoms with Gasteiger partial charge in [0.25, 0.3) is 0 Å². The van der Waals surface area contributed by atoms with E-state index in [2.05, 4.69) is 17.2 Å². The number of hydrogen-bond acceptors (Lipinski definition) is 7. The Labute approximate surface area is 208 Å². The van der Waals surface area contributed by atoms with E-state index < -0.39 is 23.3 Å². The summed E-state index contributed by atoms with van der Waals surface area (Å²) in [6.45, 7) is 4.29. The van der Waals surface area contributed by atoms with E-state index in [1.165, 1.54) is 11.7 Å². The van der Waals surface area contributed by atoms with Crippen molar-refractivity contribution in [3.05, 3.63) is 80.1 Å². The van der Waals surface area contributed by atoms with Crippen molar-refractivity contribution in [2.45, 2.75) is 39.8 Å². The SMILES string of the molecule is CCCCOc1ccc(Nc2nc(=O)n(C[C@H](C)C(=O)OC)c(=O)n2Cc2ccc(Cl)cc2)cc1. The van der Waals surface area contributed by atoms with Gasteiger partial charge in [-0.05, 0) is 48.4 Å². The Morgan fingerprint density at radius 2 is 1.77 bits per heavy atom. The second-order valence-electron chi connectivity index (χ2n) is 8.10. The van der Waals surface area contributed by atoms with Crippen molar-refractivity contribution >= 4 is 29.2 Å². The lowest BCUT2D eigenvalue weighted by Gasteiger charge is -2.17. The Kier molecular flexibility index (Phi) is 9.08. The quantitative estimate of drug-likeness (QED) is 0.315. The molecule has 2 aromatic carbocycles. The highest BCUT2D eigenvalue weighted by Gasteiger charge is 2.20. The number of nitrogens with one attached hydrogen (secondary N) is 1. The number of hydrogen-bond donors (Lipinski definition) is 1. The Bertz CT molecular complexity index is 1250. The van der Waals surface area contributed by atoms with Gasteiger partial charge in [-0.3, -0.25) is 9.36 Å². The van der Waals surface area contributed by atoms with E-state index in [0.29, 0.717) is 17.3 Å². The summed E-state index contributed by atoms with van der Waals surface area (Å²) >= 11 is 5.99. The number of methoxy groups -OCH3 is 1. The van der Waals surface area contributed by atoms with Gasteiger partial charge in [-0.15, -0.1) is 0 Å². The first-order valence-corrected chi connectivity index (χ1v) is 11.7. The molecule has 9 nitrogen and oxygen atoms in total. The van der Waals surface area contributed by atoms with Gasteiger partial charge in [0.05, 0.1) is 26.2 Å². The van der Waals surface area contributed by atoms with Gasteiger partial charge in [0, 0.05) is 17.3 Å². The molecule has 0 aliphatic rings. The second-order valence-corrected chi connectivity index (χ2v) is 8.54. The van der Waals surface area contributed by atoms with Gasteiger partial charge in [-0.25, -0.2) is 14.2 Å². The summed E-state index contributed by atoms with van der Waals surface area (Å²) in [4.78, 5) is 42.1. The fraction of sp³-hybridized carbons (Fsp3) is 0.360. The summed E-state index contributed by atoms with van der Waals surface area (Å²) in [6.07, 6.45) is 2.01. The molecule has 3 rings (SSSR count). The molecular formula is C25H29ClN4O5. The van der Waals surface area contributed by atoms with Crippen LogP contribution in [0.1, 0.15) is 32.3 Å². The van der Waals surface area contributed by atoms with E-state index in [-0.39, 0.29) is 19.0 Å². The van der Waals surface area contributed by atoms with Crippen LogP contribution in [0, 0.1) is 5.92 Å². The topological polar surface area (TPSA) is 104 Å².